The Labute approximate surface area is 152 Å². The highest BCUT2D eigenvalue weighted by molar-refractivity contribution is 5.97. The summed E-state index contributed by atoms with van der Waals surface area (Å²) in [6.45, 7) is 3.22. The molecule has 1 fully saturated rings. The second-order valence-corrected chi connectivity index (χ2v) is 7.11. The summed E-state index contributed by atoms with van der Waals surface area (Å²) >= 11 is 0. The van der Waals surface area contributed by atoms with Crippen molar-refractivity contribution in [2.24, 2.45) is 0 Å². The van der Waals surface area contributed by atoms with E-state index in [0.29, 0.717) is 42.4 Å². The van der Waals surface area contributed by atoms with Crippen LogP contribution in [0.4, 0.5) is 6.01 Å². The summed E-state index contributed by atoms with van der Waals surface area (Å²) < 4.78 is 11.3. The van der Waals surface area contributed by atoms with Gasteiger partial charge in [-0.3, -0.25) is 9.69 Å². The molecule has 0 aliphatic carbocycles. The van der Waals surface area contributed by atoms with Gasteiger partial charge in [-0.1, -0.05) is 0 Å². The van der Waals surface area contributed by atoms with Gasteiger partial charge >= 0.3 is 0 Å². The maximum absolute atomic E-state index is 12.6. The number of carbonyl (C=O) groups is 1. The van der Waals surface area contributed by atoms with E-state index in [1.165, 1.54) is 0 Å². The summed E-state index contributed by atoms with van der Waals surface area (Å²) in [7, 11) is 5.63. The quantitative estimate of drug-likeness (QED) is 0.809. The molecule has 1 aliphatic heterocycles. The van der Waals surface area contributed by atoms with Gasteiger partial charge in [-0.2, -0.15) is 4.98 Å². The molecule has 2 N–H and O–H groups in total. The number of aromatic nitrogens is 1. The number of rotatable bonds is 5. The van der Waals surface area contributed by atoms with E-state index in [4.69, 9.17) is 9.15 Å². The van der Waals surface area contributed by atoms with E-state index in [1.807, 2.05) is 28.1 Å². The number of morpholine rings is 1. The number of nitrogens with one attached hydrogen (secondary N) is 1. The van der Waals surface area contributed by atoms with E-state index in [9.17, 15) is 9.90 Å². The number of aliphatic hydroxyl groups is 1. The van der Waals surface area contributed by atoms with Crippen molar-refractivity contribution in [2.75, 3.05) is 52.4 Å². The molecule has 1 aromatic heterocycles. The molecule has 1 aliphatic rings. The van der Waals surface area contributed by atoms with Gasteiger partial charge in [0.05, 0.1) is 25.4 Å². The first kappa shape index (κ1) is 18.6. The van der Waals surface area contributed by atoms with Gasteiger partial charge in [-0.25, -0.2) is 0 Å². The lowest BCUT2D eigenvalue weighted by Crippen LogP contribution is -2.65. The highest BCUT2D eigenvalue weighted by atomic mass is 16.5. The minimum atomic E-state index is -0.623. The Kier molecular flexibility index (Phi) is 5.17. The van der Waals surface area contributed by atoms with Crippen molar-refractivity contribution in [3.63, 3.8) is 0 Å². The average molecular weight is 362 g/mol. The van der Waals surface area contributed by atoms with Crippen molar-refractivity contribution in [3.05, 3.63) is 23.8 Å². The van der Waals surface area contributed by atoms with Crippen LogP contribution in [0, 0.1) is 0 Å². The van der Waals surface area contributed by atoms with Crippen LogP contribution in [-0.2, 0) is 4.74 Å². The van der Waals surface area contributed by atoms with Gasteiger partial charge in [-0.05, 0) is 32.2 Å². The van der Waals surface area contributed by atoms with E-state index in [2.05, 4.69) is 15.2 Å². The zero-order valence-electron chi connectivity index (χ0n) is 15.7. The molecule has 0 unspecified atom stereocenters. The molecule has 0 radical (unpaired) electrons. The van der Waals surface area contributed by atoms with Crippen molar-refractivity contribution < 1.29 is 19.1 Å². The number of amides is 1. The Morgan fingerprint density at radius 1 is 1.50 bits per heavy atom. The molecule has 8 nitrogen and oxygen atoms in total. The van der Waals surface area contributed by atoms with Gasteiger partial charge in [0.15, 0.2) is 5.58 Å². The second-order valence-electron chi connectivity index (χ2n) is 7.11. The number of carbonyl (C=O) groups excluding carboxylic acids is 1. The monoisotopic (exact) mass is 362 g/mol. The molecular formula is C18H26N4O4. The van der Waals surface area contributed by atoms with E-state index < -0.39 is 5.54 Å². The maximum Gasteiger partial charge on any atom is 0.297 e. The normalized spacial score (nSPS) is 24.0. The van der Waals surface area contributed by atoms with Gasteiger partial charge in [-0.15, -0.1) is 0 Å². The van der Waals surface area contributed by atoms with E-state index in [0.717, 1.165) is 0 Å². The first-order chi connectivity index (χ1) is 12.4. The zero-order valence-corrected chi connectivity index (χ0v) is 15.7. The fourth-order valence-electron chi connectivity index (χ4n) is 3.08. The molecule has 0 bridgehead atoms. The highest BCUT2D eigenvalue weighted by Gasteiger charge is 2.40. The molecule has 1 saturated heterocycles. The van der Waals surface area contributed by atoms with Crippen LogP contribution in [0.5, 0.6) is 0 Å². The molecule has 2 heterocycles. The number of nitrogens with zero attached hydrogens (tertiary/aromatic N) is 3. The number of likely N-dealkylation sites (N-methyl/N-ethyl adjacent to an activating group) is 1. The number of hydrogen-bond acceptors (Lipinski definition) is 7. The molecule has 1 amide bonds. The molecule has 0 saturated carbocycles. The Morgan fingerprint density at radius 2 is 2.27 bits per heavy atom. The SMILES string of the molecule is C[C@@H]1COC[C@@](CO)(CNC(=O)c2ccc3nc(N(C)C)oc3c2)N1C. The van der Waals surface area contributed by atoms with Gasteiger partial charge in [0, 0.05) is 32.2 Å². The topological polar surface area (TPSA) is 91.1 Å². The number of oxazole rings is 1. The van der Waals surface area contributed by atoms with Crippen LogP contribution in [-0.4, -0.2) is 80.0 Å². The molecule has 26 heavy (non-hydrogen) atoms. The van der Waals surface area contributed by atoms with Gasteiger partial charge in [0.1, 0.15) is 5.52 Å². The summed E-state index contributed by atoms with van der Waals surface area (Å²) in [6, 6.07) is 5.82. The molecule has 2 aromatic rings. The van der Waals surface area contributed by atoms with E-state index in [-0.39, 0.29) is 18.6 Å². The molecule has 8 heteroatoms. The van der Waals surface area contributed by atoms with Crippen molar-refractivity contribution in [1.29, 1.82) is 0 Å². The molecule has 0 spiro atoms. The number of ether oxygens (including phenoxy) is 1. The molecule has 2 atom stereocenters. The van der Waals surface area contributed by atoms with Crippen LogP contribution in [0.2, 0.25) is 0 Å². The molecule has 1 aromatic carbocycles. The lowest BCUT2D eigenvalue weighted by atomic mass is 9.96. The first-order valence-corrected chi connectivity index (χ1v) is 8.64. The first-order valence-electron chi connectivity index (χ1n) is 8.64. The largest absolute Gasteiger partial charge is 0.423 e. The molecular weight excluding hydrogens is 336 g/mol. The van der Waals surface area contributed by atoms with Crippen LogP contribution in [0.15, 0.2) is 22.6 Å². The maximum atomic E-state index is 12.6. The Bertz CT molecular complexity index is 791. The third kappa shape index (κ3) is 3.40. The summed E-state index contributed by atoms with van der Waals surface area (Å²) in [5.74, 6) is -0.228. The van der Waals surface area contributed by atoms with Gasteiger partial charge in [0.25, 0.3) is 11.9 Å². The van der Waals surface area contributed by atoms with Crippen LogP contribution in [0.1, 0.15) is 17.3 Å². The fraction of sp³-hybridized carbons (Fsp3) is 0.556. The predicted molar refractivity (Wildman–Crippen MR) is 98.5 cm³/mol. The number of anilines is 1. The van der Waals surface area contributed by atoms with E-state index in [1.54, 1.807) is 23.1 Å². The van der Waals surface area contributed by atoms with Crippen molar-refractivity contribution in [2.45, 2.75) is 18.5 Å². The predicted octanol–water partition coefficient (Wildman–Crippen LogP) is 0.705. The van der Waals surface area contributed by atoms with Crippen molar-refractivity contribution in [3.8, 4) is 0 Å². The third-order valence-electron chi connectivity index (χ3n) is 5.03. The van der Waals surface area contributed by atoms with Crippen LogP contribution in [0.25, 0.3) is 11.1 Å². The summed E-state index contributed by atoms with van der Waals surface area (Å²) in [5.41, 5.74) is 1.12. The molecule has 3 rings (SSSR count). The lowest BCUT2D eigenvalue weighted by Gasteiger charge is -2.47. The minimum absolute atomic E-state index is 0.0958. The Morgan fingerprint density at radius 3 is 2.96 bits per heavy atom. The van der Waals surface area contributed by atoms with Gasteiger partial charge in [0.2, 0.25) is 0 Å². The van der Waals surface area contributed by atoms with Crippen LogP contribution >= 0.6 is 0 Å². The fourth-order valence-corrected chi connectivity index (χ4v) is 3.08. The Balaban J connectivity index is 1.74. The van der Waals surface area contributed by atoms with Crippen LogP contribution in [0.3, 0.4) is 0 Å². The summed E-state index contributed by atoms with van der Waals surface area (Å²) in [5, 5.41) is 12.8. The minimum Gasteiger partial charge on any atom is -0.423 e. The molecule has 142 valence electrons. The third-order valence-corrected chi connectivity index (χ3v) is 5.03. The number of aliphatic hydroxyl groups excluding tert-OH is 1. The van der Waals surface area contributed by atoms with Crippen molar-refractivity contribution >= 4 is 23.0 Å². The average Bonchev–Trinajstić information content (AvgIpc) is 3.06. The zero-order chi connectivity index (χ0) is 18.9. The summed E-state index contributed by atoms with van der Waals surface area (Å²) in [4.78, 5) is 20.8. The van der Waals surface area contributed by atoms with Crippen LogP contribution < -0.4 is 10.2 Å². The Hall–Kier alpha value is -2.16. The number of fused-ring (bicyclic) bond motifs is 1. The lowest BCUT2D eigenvalue weighted by molar-refractivity contribution is -0.105. The van der Waals surface area contributed by atoms with Crippen molar-refractivity contribution in [1.82, 2.24) is 15.2 Å². The smallest absolute Gasteiger partial charge is 0.297 e. The summed E-state index contributed by atoms with van der Waals surface area (Å²) in [6.07, 6.45) is 0. The second kappa shape index (κ2) is 7.22. The standard InChI is InChI=1S/C18H26N4O4/c1-12-8-25-11-18(10-23,22(12)4)9-19-16(24)13-5-6-14-15(7-13)26-17(20-14)21(2)3/h5-7,12,23H,8-11H2,1-4H3,(H,19,24)/t12-,18+/m1/s1. The highest BCUT2D eigenvalue weighted by Crippen LogP contribution is 2.23. The number of hydrogen-bond donors (Lipinski definition) is 2. The van der Waals surface area contributed by atoms with Gasteiger partial charge < -0.3 is 24.5 Å². The number of benzene rings is 1. The van der Waals surface area contributed by atoms with E-state index >= 15 is 0 Å².